The lowest BCUT2D eigenvalue weighted by atomic mass is 9.95. The predicted molar refractivity (Wildman–Crippen MR) is 100 cm³/mol. The van der Waals surface area contributed by atoms with Crippen LogP contribution in [0.25, 0.3) is 0 Å². The molecular formula is C19H18N4O3. The van der Waals surface area contributed by atoms with Gasteiger partial charge >= 0.3 is 0 Å². The SMILES string of the molecule is O=[N+]([O-])c1ccc(C2=NC(=NCC3CCCO3)C3C=CC=CC3=N2)cc1. The van der Waals surface area contributed by atoms with Gasteiger partial charge in [0.2, 0.25) is 0 Å². The van der Waals surface area contributed by atoms with Crippen molar-refractivity contribution in [1.82, 2.24) is 0 Å². The maximum atomic E-state index is 10.8. The van der Waals surface area contributed by atoms with E-state index in [1.807, 2.05) is 24.3 Å². The molecule has 1 saturated heterocycles. The molecule has 3 aliphatic rings. The molecule has 0 N–H and O–H groups in total. The number of hydrogen-bond donors (Lipinski definition) is 0. The summed E-state index contributed by atoms with van der Waals surface area (Å²) < 4.78 is 5.65. The number of hydrogen-bond acceptors (Lipinski definition) is 5. The molecule has 0 aromatic heterocycles. The number of nitro benzene ring substituents is 1. The van der Waals surface area contributed by atoms with Gasteiger partial charge in [-0.15, -0.1) is 0 Å². The number of nitro groups is 1. The van der Waals surface area contributed by atoms with Crippen molar-refractivity contribution in [2.45, 2.75) is 18.9 Å². The van der Waals surface area contributed by atoms with Crippen molar-refractivity contribution in [1.29, 1.82) is 0 Å². The van der Waals surface area contributed by atoms with E-state index in [4.69, 9.17) is 9.73 Å². The Labute approximate surface area is 150 Å². The molecular weight excluding hydrogens is 332 g/mol. The lowest BCUT2D eigenvalue weighted by molar-refractivity contribution is -0.384. The second-order valence-electron chi connectivity index (χ2n) is 6.33. The molecule has 26 heavy (non-hydrogen) atoms. The fourth-order valence-corrected chi connectivity index (χ4v) is 3.16. The average Bonchev–Trinajstić information content (AvgIpc) is 3.19. The first-order valence-electron chi connectivity index (χ1n) is 8.63. The van der Waals surface area contributed by atoms with Gasteiger partial charge in [-0.3, -0.25) is 15.1 Å². The van der Waals surface area contributed by atoms with Gasteiger partial charge in [0.1, 0.15) is 5.84 Å². The Kier molecular flexibility index (Phi) is 4.53. The Morgan fingerprint density at radius 2 is 2.08 bits per heavy atom. The zero-order valence-corrected chi connectivity index (χ0v) is 14.1. The van der Waals surface area contributed by atoms with Crippen molar-refractivity contribution in [2.75, 3.05) is 13.2 Å². The highest BCUT2D eigenvalue weighted by atomic mass is 16.6. The largest absolute Gasteiger partial charge is 0.376 e. The van der Waals surface area contributed by atoms with Gasteiger partial charge in [0, 0.05) is 24.3 Å². The first-order valence-corrected chi connectivity index (χ1v) is 8.63. The zero-order valence-electron chi connectivity index (χ0n) is 14.1. The summed E-state index contributed by atoms with van der Waals surface area (Å²) in [5, 5.41) is 10.8. The molecule has 2 heterocycles. The van der Waals surface area contributed by atoms with E-state index in [0.717, 1.165) is 30.7 Å². The van der Waals surface area contributed by atoms with Crippen LogP contribution < -0.4 is 0 Å². The maximum absolute atomic E-state index is 10.8. The normalized spacial score (nSPS) is 25.8. The van der Waals surface area contributed by atoms with Crippen LogP contribution in [0.4, 0.5) is 5.69 Å². The van der Waals surface area contributed by atoms with Gasteiger partial charge in [-0.2, -0.15) is 0 Å². The molecule has 0 radical (unpaired) electrons. The van der Waals surface area contributed by atoms with Crippen LogP contribution >= 0.6 is 0 Å². The van der Waals surface area contributed by atoms with Crippen molar-refractivity contribution in [3.63, 3.8) is 0 Å². The molecule has 7 nitrogen and oxygen atoms in total. The Balaban J connectivity index is 1.65. The van der Waals surface area contributed by atoms with Gasteiger partial charge in [-0.05, 0) is 31.1 Å². The summed E-state index contributed by atoms with van der Waals surface area (Å²) in [4.78, 5) is 24.4. The lowest BCUT2D eigenvalue weighted by Gasteiger charge is -2.21. The number of fused-ring (bicyclic) bond motifs is 1. The van der Waals surface area contributed by atoms with E-state index in [9.17, 15) is 10.1 Å². The molecule has 2 atom stereocenters. The molecule has 7 heteroatoms. The number of benzene rings is 1. The fraction of sp³-hybridized carbons (Fsp3) is 0.316. The lowest BCUT2D eigenvalue weighted by Crippen LogP contribution is -2.28. The highest BCUT2D eigenvalue weighted by Gasteiger charge is 2.26. The van der Waals surface area contributed by atoms with Gasteiger partial charge in [0.05, 0.1) is 29.2 Å². The van der Waals surface area contributed by atoms with Crippen LogP contribution in [0.5, 0.6) is 0 Å². The number of allylic oxidation sites excluding steroid dienone is 3. The van der Waals surface area contributed by atoms with Gasteiger partial charge in [0.15, 0.2) is 5.84 Å². The number of nitrogens with zero attached hydrogens (tertiary/aromatic N) is 4. The second-order valence-corrected chi connectivity index (χ2v) is 6.33. The van der Waals surface area contributed by atoms with Crippen LogP contribution in [-0.4, -0.2) is 41.6 Å². The van der Waals surface area contributed by atoms with Crippen molar-refractivity contribution in [3.8, 4) is 0 Å². The minimum Gasteiger partial charge on any atom is -0.376 e. The molecule has 2 aliphatic heterocycles. The molecule has 4 rings (SSSR count). The maximum Gasteiger partial charge on any atom is 0.269 e. The molecule has 0 spiro atoms. The predicted octanol–water partition coefficient (Wildman–Crippen LogP) is 3.12. The number of non-ortho nitro benzene ring substituents is 1. The zero-order chi connectivity index (χ0) is 17.9. The van der Waals surface area contributed by atoms with E-state index >= 15 is 0 Å². The Hall–Kier alpha value is -2.93. The minimum atomic E-state index is -0.419. The van der Waals surface area contributed by atoms with Crippen LogP contribution in [0.2, 0.25) is 0 Å². The molecule has 2 unspecified atom stereocenters. The van der Waals surface area contributed by atoms with Crippen LogP contribution in [0.1, 0.15) is 18.4 Å². The molecule has 1 aromatic rings. The highest BCUT2D eigenvalue weighted by molar-refractivity contribution is 6.25. The van der Waals surface area contributed by atoms with E-state index < -0.39 is 4.92 Å². The summed E-state index contributed by atoms with van der Waals surface area (Å²) in [6.45, 7) is 1.39. The Morgan fingerprint density at radius 3 is 2.81 bits per heavy atom. The van der Waals surface area contributed by atoms with E-state index in [1.54, 1.807) is 12.1 Å². The van der Waals surface area contributed by atoms with E-state index in [1.165, 1.54) is 12.1 Å². The first kappa shape index (κ1) is 16.5. The molecule has 1 fully saturated rings. The summed E-state index contributed by atoms with van der Waals surface area (Å²) in [5.74, 6) is 1.18. The van der Waals surface area contributed by atoms with Crippen LogP contribution in [-0.2, 0) is 4.74 Å². The minimum absolute atomic E-state index is 0.0449. The first-order chi connectivity index (χ1) is 12.7. The summed E-state index contributed by atoms with van der Waals surface area (Å²) >= 11 is 0. The van der Waals surface area contributed by atoms with Crippen molar-refractivity contribution in [3.05, 3.63) is 64.2 Å². The van der Waals surface area contributed by atoms with Gasteiger partial charge < -0.3 is 4.74 Å². The van der Waals surface area contributed by atoms with Crippen molar-refractivity contribution in [2.24, 2.45) is 20.9 Å². The summed E-state index contributed by atoms with van der Waals surface area (Å²) in [6.07, 6.45) is 10.1. The van der Waals surface area contributed by atoms with Crippen LogP contribution in [0.15, 0.2) is 63.5 Å². The van der Waals surface area contributed by atoms with Gasteiger partial charge in [-0.1, -0.05) is 18.2 Å². The van der Waals surface area contributed by atoms with E-state index in [0.29, 0.717) is 18.2 Å². The van der Waals surface area contributed by atoms with Crippen molar-refractivity contribution < 1.29 is 9.66 Å². The molecule has 1 aliphatic carbocycles. The fourth-order valence-electron chi connectivity index (χ4n) is 3.16. The molecule has 0 bridgehead atoms. The van der Waals surface area contributed by atoms with Crippen molar-refractivity contribution >= 4 is 23.1 Å². The monoisotopic (exact) mass is 350 g/mol. The van der Waals surface area contributed by atoms with E-state index in [2.05, 4.69) is 9.98 Å². The van der Waals surface area contributed by atoms with Gasteiger partial charge in [0.25, 0.3) is 5.69 Å². The van der Waals surface area contributed by atoms with Crippen LogP contribution in [0, 0.1) is 16.0 Å². The molecule has 0 amide bonds. The molecule has 1 aromatic carbocycles. The standard InChI is InChI=1S/C19H18N4O3/c24-23(25)14-9-7-13(8-10-14)18-21-17-6-2-1-5-16(17)19(22-18)20-12-15-4-3-11-26-15/h1-2,5-10,15-16H,3-4,11-12H2. The Morgan fingerprint density at radius 1 is 1.23 bits per heavy atom. The Bertz CT molecular complexity index is 859. The third kappa shape index (κ3) is 3.39. The summed E-state index contributed by atoms with van der Waals surface area (Å²) in [5.41, 5.74) is 1.65. The van der Waals surface area contributed by atoms with Gasteiger partial charge in [-0.25, -0.2) is 9.98 Å². The topological polar surface area (TPSA) is 89.5 Å². The third-order valence-corrected chi connectivity index (χ3v) is 4.55. The smallest absolute Gasteiger partial charge is 0.269 e. The number of amidine groups is 2. The number of ether oxygens (including phenoxy) is 1. The average molecular weight is 350 g/mol. The number of aliphatic imine (C=N–C) groups is 3. The molecule has 132 valence electrons. The summed E-state index contributed by atoms with van der Waals surface area (Å²) in [7, 11) is 0. The summed E-state index contributed by atoms with van der Waals surface area (Å²) in [6, 6.07) is 6.26. The quantitative estimate of drug-likeness (QED) is 0.617. The second kappa shape index (κ2) is 7.13. The molecule has 0 saturated carbocycles. The highest BCUT2D eigenvalue weighted by Crippen LogP contribution is 2.22. The van der Waals surface area contributed by atoms with Crippen LogP contribution in [0.3, 0.4) is 0 Å². The number of rotatable bonds is 4. The third-order valence-electron chi connectivity index (χ3n) is 4.55. The van der Waals surface area contributed by atoms with E-state index in [-0.39, 0.29) is 17.7 Å².